The molecule has 15 heavy (non-hydrogen) atoms. The van der Waals surface area contributed by atoms with E-state index in [0.717, 1.165) is 5.70 Å². The highest BCUT2D eigenvalue weighted by molar-refractivity contribution is 5.98. The van der Waals surface area contributed by atoms with Gasteiger partial charge in [0, 0.05) is 5.70 Å². The molecule has 0 bridgehead atoms. The number of carbonyl (C=O) groups is 1. The molecule has 0 spiro atoms. The molecule has 2 aliphatic heterocycles. The highest BCUT2D eigenvalue weighted by Gasteiger charge is 2.31. The Morgan fingerprint density at radius 2 is 2.40 bits per heavy atom. The first-order valence-corrected chi connectivity index (χ1v) is 4.85. The fraction of sp³-hybridized carbons (Fsp3) is 0.400. The molecule has 5 nitrogen and oxygen atoms in total. The van der Waals surface area contributed by atoms with Crippen LogP contribution in [0, 0.1) is 5.92 Å². The Morgan fingerprint density at radius 1 is 1.67 bits per heavy atom. The molecule has 0 aromatic heterocycles. The second-order valence-electron chi connectivity index (χ2n) is 3.80. The smallest absolute Gasteiger partial charge is 0.345 e. The molecule has 0 amide bonds. The fourth-order valence-corrected chi connectivity index (χ4v) is 1.60. The van der Waals surface area contributed by atoms with Crippen molar-refractivity contribution in [1.82, 2.24) is 10.4 Å². The number of hydrogen-bond acceptors (Lipinski definition) is 4. The van der Waals surface area contributed by atoms with Gasteiger partial charge in [0.2, 0.25) is 6.17 Å². The molecule has 0 saturated carbocycles. The number of carboxylic acids is 1. The zero-order valence-corrected chi connectivity index (χ0v) is 8.64. The summed E-state index contributed by atoms with van der Waals surface area (Å²) in [5.41, 5.74) is 3.86. The normalized spacial score (nSPS) is 23.9. The van der Waals surface area contributed by atoms with Crippen molar-refractivity contribution in [3.05, 3.63) is 23.9 Å². The summed E-state index contributed by atoms with van der Waals surface area (Å²) in [6, 6.07) is 0. The number of hydrazine groups is 1. The second kappa shape index (κ2) is 3.51. The molecular weight excluding hydrogens is 194 g/mol. The predicted octanol–water partition coefficient (Wildman–Crippen LogP) is 0.726. The monoisotopic (exact) mass is 207 g/mol. The summed E-state index contributed by atoms with van der Waals surface area (Å²) in [5, 5.41) is 10.6. The van der Waals surface area contributed by atoms with Crippen LogP contribution in [0.4, 0.5) is 0 Å². The highest BCUT2D eigenvalue weighted by Crippen LogP contribution is 2.21. The largest absolute Gasteiger partial charge is 0.479 e. The lowest BCUT2D eigenvalue weighted by atomic mass is 10.1. The van der Waals surface area contributed by atoms with E-state index in [1.807, 2.05) is 12.2 Å². The van der Waals surface area contributed by atoms with E-state index in [2.05, 4.69) is 24.3 Å². The van der Waals surface area contributed by atoms with Crippen molar-refractivity contribution in [1.29, 1.82) is 0 Å². The van der Waals surface area contributed by atoms with Crippen LogP contribution in [-0.4, -0.2) is 28.1 Å². The van der Waals surface area contributed by atoms with E-state index < -0.39 is 12.1 Å². The summed E-state index contributed by atoms with van der Waals surface area (Å²) < 4.78 is 0. The third-order valence-electron chi connectivity index (χ3n) is 2.34. The molecule has 0 radical (unpaired) electrons. The molecule has 1 unspecified atom stereocenters. The van der Waals surface area contributed by atoms with Crippen molar-refractivity contribution < 1.29 is 9.90 Å². The molecule has 1 atom stereocenters. The molecule has 0 aromatic carbocycles. The third kappa shape index (κ3) is 1.66. The number of rotatable bonds is 2. The first-order valence-electron chi connectivity index (χ1n) is 4.85. The lowest BCUT2D eigenvalue weighted by Crippen LogP contribution is -2.44. The molecule has 80 valence electrons. The Balaban J connectivity index is 2.26. The van der Waals surface area contributed by atoms with Gasteiger partial charge in [-0.05, 0) is 18.1 Å². The Morgan fingerprint density at radius 3 is 3.00 bits per heavy atom. The lowest BCUT2D eigenvalue weighted by Gasteiger charge is -2.27. The predicted molar refractivity (Wildman–Crippen MR) is 55.9 cm³/mol. The number of aliphatic imine (C=N–C) groups is 1. The van der Waals surface area contributed by atoms with Gasteiger partial charge >= 0.3 is 5.97 Å². The van der Waals surface area contributed by atoms with Gasteiger partial charge in [-0.2, -0.15) is 5.43 Å². The van der Waals surface area contributed by atoms with Crippen LogP contribution in [0.5, 0.6) is 0 Å². The molecule has 0 saturated heterocycles. The van der Waals surface area contributed by atoms with Gasteiger partial charge in [-0.25, -0.2) is 9.79 Å². The van der Waals surface area contributed by atoms with Crippen LogP contribution in [0.3, 0.4) is 0 Å². The number of fused-ring (bicyclic) bond motifs is 1. The summed E-state index contributed by atoms with van der Waals surface area (Å²) in [6.07, 6.45) is 4.77. The Bertz CT molecular complexity index is 382. The summed E-state index contributed by atoms with van der Waals surface area (Å²) in [6.45, 7) is 4.11. The van der Waals surface area contributed by atoms with Gasteiger partial charge in [-0.3, -0.25) is 5.01 Å². The van der Waals surface area contributed by atoms with E-state index in [1.54, 1.807) is 11.1 Å². The number of amidine groups is 1. The number of hydrogen-bond donors (Lipinski definition) is 2. The number of nitrogens with one attached hydrogen (secondary N) is 1. The van der Waals surface area contributed by atoms with Crippen LogP contribution in [0.15, 0.2) is 28.9 Å². The van der Waals surface area contributed by atoms with E-state index in [4.69, 9.17) is 5.11 Å². The van der Waals surface area contributed by atoms with E-state index in [0.29, 0.717) is 11.8 Å². The maximum absolute atomic E-state index is 10.8. The molecule has 0 fully saturated rings. The van der Waals surface area contributed by atoms with Crippen LogP contribution in [0.25, 0.3) is 0 Å². The van der Waals surface area contributed by atoms with Gasteiger partial charge in [0.15, 0.2) is 0 Å². The van der Waals surface area contributed by atoms with E-state index >= 15 is 0 Å². The molecular formula is C10H13N3O2. The lowest BCUT2D eigenvalue weighted by molar-refractivity contribution is -0.139. The summed E-state index contributed by atoms with van der Waals surface area (Å²) in [4.78, 5) is 14.8. The Hall–Kier alpha value is -1.62. The number of allylic oxidation sites excluding steroid dienone is 3. The average Bonchev–Trinajstić information content (AvgIpc) is 2.60. The SMILES string of the molecule is CC(C)C1=CC=CC2=NC(C(=O)O)NN12. The number of nitrogens with zero attached hydrogens (tertiary/aromatic N) is 2. The Kier molecular flexibility index (Phi) is 2.32. The van der Waals surface area contributed by atoms with Crippen LogP contribution in [-0.2, 0) is 4.79 Å². The van der Waals surface area contributed by atoms with Crippen molar-refractivity contribution in [3.8, 4) is 0 Å². The van der Waals surface area contributed by atoms with E-state index in [9.17, 15) is 4.79 Å². The highest BCUT2D eigenvalue weighted by atomic mass is 16.4. The topological polar surface area (TPSA) is 64.9 Å². The van der Waals surface area contributed by atoms with E-state index in [1.165, 1.54) is 0 Å². The van der Waals surface area contributed by atoms with Crippen molar-refractivity contribution in [3.63, 3.8) is 0 Å². The van der Waals surface area contributed by atoms with Crippen LogP contribution < -0.4 is 5.43 Å². The Labute approximate surface area is 87.8 Å². The summed E-state index contributed by atoms with van der Waals surface area (Å²) in [7, 11) is 0. The number of carboxylic acid groups (broad SMARTS) is 1. The third-order valence-corrected chi connectivity index (χ3v) is 2.34. The second-order valence-corrected chi connectivity index (χ2v) is 3.80. The summed E-state index contributed by atoms with van der Waals surface area (Å²) >= 11 is 0. The van der Waals surface area contributed by atoms with Gasteiger partial charge in [0.1, 0.15) is 5.84 Å². The molecule has 2 heterocycles. The van der Waals surface area contributed by atoms with Crippen molar-refractivity contribution in [2.75, 3.05) is 0 Å². The van der Waals surface area contributed by atoms with E-state index in [-0.39, 0.29) is 0 Å². The van der Waals surface area contributed by atoms with Gasteiger partial charge in [-0.15, -0.1) is 0 Å². The van der Waals surface area contributed by atoms with Gasteiger partial charge in [0.05, 0.1) is 0 Å². The van der Waals surface area contributed by atoms with Gasteiger partial charge in [-0.1, -0.05) is 19.9 Å². The maximum Gasteiger partial charge on any atom is 0.345 e. The minimum atomic E-state index is -0.964. The van der Waals surface area contributed by atoms with Gasteiger partial charge in [0.25, 0.3) is 0 Å². The van der Waals surface area contributed by atoms with Crippen molar-refractivity contribution in [2.24, 2.45) is 10.9 Å². The zero-order chi connectivity index (χ0) is 11.0. The van der Waals surface area contributed by atoms with Crippen molar-refractivity contribution >= 4 is 11.8 Å². The van der Waals surface area contributed by atoms with Crippen molar-refractivity contribution in [2.45, 2.75) is 20.0 Å². The first-order chi connectivity index (χ1) is 7.09. The minimum Gasteiger partial charge on any atom is -0.479 e. The van der Waals surface area contributed by atoms with Crippen LogP contribution in [0.1, 0.15) is 13.8 Å². The maximum atomic E-state index is 10.8. The molecule has 0 aromatic rings. The van der Waals surface area contributed by atoms with Crippen LogP contribution in [0.2, 0.25) is 0 Å². The zero-order valence-electron chi connectivity index (χ0n) is 8.64. The first kappa shape index (κ1) is 9.92. The van der Waals surface area contributed by atoms with Gasteiger partial charge < -0.3 is 5.11 Å². The molecule has 2 N–H and O–H groups in total. The summed E-state index contributed by atoms with van der Waals surface area (Å²) in [5.74, 6) is 0.0159. The van der Waals surface area contributed by atoms with Crippen LogP contribution >= 0.6 is 0 Å². The fourth-order valence-electron chi connectivity index (χ4n) is 1.60. The number of aliphatic carboxylic acids is 1. The standard InChI is InChI=1S/C10H13N3O2/c1-6(2)7-4-3-5-8-11-9(10(14)15)12-13(7)8/h3-6,9,12H,1-2H3,(H,14,15). The molecule has 2 aliphatic rings. The minimum absolute atomic E-state index is 0.320. The molecule has 5 heteroatoms. The average molecular weight is 207 g/mol. The molecule has 2 rings (SSSR count). The molecule has 0 aliphatic carbocycles. The quantitative estimate of drug-likeness (QED) is 0.700.